The lowest BCUT2D eigenvalue weighted by atomic mass is 10.1. The summed E-state index contributed by atoms with van der Waals surface area (Å²) in [5.41, 5.74) is 1.58. The molecule has 0 saturated heterocycles. The van der Waals surface area contributed by atoms with E-state index in [0.29, 0.717) is 22.6 Å². The Bertz CT molecular complexity index is 801. The second-order valence-electron chi connectivity index (χ2n) is 5.64. The quantitative estimate of drug-likeness (QED) is 0.599. The highest BCUT2D eigenvalue weighted by Crippen LogP contribution is 2.22. The monoisotopic (exact) mass is 370 g/mol. The number of hydrogen-bond acceptors (Lipinski definition) is 5. The summed E-state index contributed by atoms with van der Waals surface area (Å²) in [6.07, 6.45) is 0. The van der Waals surface area contributed by atoms with Crippen molar-refractivity contribution < 1.29 is 19.1 Å². The number of rotatable bonds is 7. The summed E-state index contributed by atoms with van der Waals surface area (Å²) in [6.45, 7) is 0.285. The van der Waals surface area contributed by atoms with Gasteiger partial charge in [0.1, 0.15) is 5.75 Å². The number of benzene rings is 2. The van der Waals surface area contributed by atoms with E-state index in [-0.39, 0.29) is 30.0 Å². The third kappa shape index (κ3) is 3.88. The number of thioether (sulfide) groups is 1. The molecule has 1 heterocycles. The minimum Gasteiger partial charge on any atom is -0.497 e. The Morgan fingerprint density at radius 3 is 2.23 bits per heavy atom. The highest BCUT2D eigenvalue weighted by molar-refractivity contribution is 7.99. The SMILES string of the molecule is COc1ccc(NC(=O)CSCCN2C(=O)c3ccccc3C2=O)cc1. The summed E-state index contributed by atoms with van der Waals surface area (Å²) in [7, 11) is 1.58. The number of amides is 3. The van der Waals surface area contributed by atoms with Crippen molar-refractivity contribution in [3.8, 4) is 5.75 Å². The van der Waals surface area contributed by atoms with Gasteiger partial charge in [-0.05, 0) is 36.4 Å². The van der Waals surface area contributed by atoms with Crippen LogP contribution in [0.15, 0.2) is 48.5 Å². The number of imide groups is 1. The molecule has 0 aliphatic carbocycles. The van der Waals surface area contributed by atoms with Crippen LogP contribution in [0.4, 0.5) is 5.69 Å². The van der Waals surface area contributed by atoms with Crippen molar-refractivity contribution in [2.45, 2.75) is 0 Å². The molecule has 0 atom stereocenters. The van der Waals surface area contributed by atoms with Crippen LogP contribution in [0.3, 0.4) is 0 Å². The molecular weight excluding hydrogens is 352 g/mol. The molecule has 134 valence electrons. The van der Waals surface area contributed by atoms with Gasteiger partial charge >= 0.3 is 0 Å². The number of fused-ring (bicyclic) bond motifs is 1. The Morgan fingerprint density at radius 1 is 1.04 bits per heavy atom. The Balaban J connectivity index is 1.43. The summed E-state index contributed by atoms with van der Waals surface area (Å²) in [6, 6.07) is 13.9. The van der Waals surface area contributed by atoms with E-state index in [1.165, 1.54) is 16.7 Å². The van der Waals surface area contributed by atoms with Crippen LogP contribution in [-0.2, 0) is 4.79 Å². The fourth-order valence-electron chi connectivity index (χ4n) is 2.63. The van der Waals surface area contributed by atoms with Gasteiger partial charge in [0.15, 0.2) is 0 Å². The number of hydrogen-bond donors (Lipinski definition) is 1. The lowest BCUT2D eigenvalue weighted by Gasteiger charge is -2.13. The van der Waals surface area contributed by atoms with Gasteiger partial charge in [0.05, 0.1) is 24.0 Å². The van der Waals surface area contributed by atoms with Gasteiger partial charge in [-0.25, -0.2) is 0 Å². The third-order valence-electron chi connectivity index (χ3n) is 3.94. The Labute approximate surface area is 155 Å². The van der Waals surface area contributed by atoms with Gasteiger partial charge in [0.2, 0.25) is 5.91 Å². The maximum absolute atomic E-state index is 12.2. The minimum absolute atomic E-state index is 0.137. The van der Waals surface area contributed by atoms with Gasteiger partial charge in [-0.15, -0.1) is 0 Å². The molecule has 0 saturated carbocycles. The highest BCUT2D eigenvalue weighted by atomic mass is 32.2. The van der Waals surface area contributed by atoms with Gasteiger partial charge in [0, 0.05) is 18.0 Å². The molecule has 1 N–H and O–H groups in total. The number of carbonyl (C=O) groups excluding carboxylic acids is 3. The van der Waals surface area contributed by atoms with Crippen molar-refractivity contribution in [2.75, 3.05) is 30.5 Å². The predicted octanol–water partition coefficient (Wildman–Crippen LogP) is 2.66. The van der Waals surface area contributed by atoms with Crippen molar-refractivity contribution in [3.63, 3.8) is 0 Å². The third-order valence-corrected chi connectivity index (χ3v) is 4.88. The van der Waals surface area contributed by atoms with Crippen LogP contribution in [0.5, 0.6) is 5.75 Å². The summed E-state index contributed by atoms with van der Waals surface area (Å²) in [5.74, 6) is 0.792. The van der Waals surface area contributed by atoms with Crippen LogP contribution in [0, 0.1) is 0 Å². The van der Waals surface area contributed by atoms with E-state index in [1.807, 2.05) is 0 Å². The summed E-state index contributed by atoms with van der Waals surface area (Å²) >= 11 is 1.38. The molecule has 0 unspecified atom stereocenters. The Morgan fingerprint density at radius 2 is 1.65 bits per heavy atom. The molecule has 0 spiro atoms. The van der Waals surface area contributed by atoms with Crippen molar-refractivity contribution in [1.29, 1.82) is 0 Å². The Hall–Kier alpha value is -2.80. The maximum atomic E-state index is 12.2. The van der Waals surface area contributed by atoms with E-state index in [0.717, 1.165) is 5.75 Å². The molecule has 2 aromatic carbocycles. The largest absolute Gasteiger partial charge is 0.497 e. The number of nitrogens with one attached hydrogen (secondary N) is 1. The molecule has 26 heavy (non-hydrogen) atoms. The number of anilines is 1. The van der Waals surface area contributed by atoms with E-state index in [1.54, 1.807) is 55.6 Å². The number of ether oxygens (including phenoxy) is 1. The van der Waals surface area contributed by atoms with Crippen LogP contribution in [0.1, 0.15) is 20.7 Å². The lowest BCUT2D eigenvalue weighted by molar-refractivity contribution is -0.113. The van der Waals surface area contributed by atoms with Crippen molar-refractivity contribution in [1.82, 2.24) is 4.90 Å². The first-order valence-electron chi connectivity index (χ1n) is 8.07. The number of carbonyl (C=O) groups is 3. The van der Waals surface area contributed by atoms with Crippen LogP contribution in [0.25, 0.3) is 0 Å². The first kappa shape index (κ1) is 18.0. The first-order chi connectivity index (χ1) is 12.6. The second kappa shape index (κ2) is 8.05. The zero-order valence-electron chi connectivity index (χ0n) is 14.2. The molecule has 7 heteroatoms. The van der Waals surface area contributed by atoms with Gasteiger partial charge in [0.25, 0.3) is 11.8 Å². The molecule has 3 rings (SSSR count). The van der Waals surface area contributed by atoms with Crippen molar-refractivity contribution >= 4 is 35.2 Å². The molecule has 0 bridgehead atoms. The van der Waals surface area contributed by atoms with E-state index in [2.05, 4.69) is 5.32 Å². The van der Waals surface area contributed by atoms with Crippen LogP contribution in [-0.4, -0.2) is 47.8 Å². The molecular formula is C19H18N2O4S. The molecule has 1 aliphatic rings. The van der Waals surface area contributed by atoms with Crippen molar-refractivity contribution in [3.05, 3.63) is 59.7 Å². The lowest BCUT2D eigenvalue weighted by Crippen LogP contribution is -2.32. The first-order valence-corrected chi connectivity index (χ1v) is 9.22. The molecule has 0 aromatic heterocycles. The molecule has 2 aromatic rings. The minimum atomic E-state index is -0.270. The molecule has 0 radical (unpaired) electrons. The van der Waals surface area contributed by atoms with Gasteiger partial charge < -0.3 is 10.1 Å². The zero-order valence-corrected chi connectivity index (χ0v) is 15.0. The maximum Gasteiger partial charge on any atom is 0.261 e. The topological polar surface area (TPSA) is 75.7 Å². The van der Waals surface area contributed by atoms with E-state index in [9.17, 15) is 14.4 Å². The second-order valence-corrected chi connectivity index (χ2v) is 6.74. The summed E-state index contributed by atoms with van der Waals surface area (Å²) in [4.78, 5) is 37.7. The fraction of sp³-hybridized carbons (Fsp3) is 0.211. The highest BCUT2D eigenvalue weighted by Gasteiger charge is 2.34. The summed E-state index contributed by atoms with van der Waals surface area (Å²) < 4.78 is 5.07. The standard InChI is InChI=1S/C19H18N2O4S/c1-25-14-8-6-13(7-9-14)20-17(22)12-26-11-10-21-18(23)15-4-2-3-5-16(15)19(21)24/h2-9H,10-12H2,1H3,(H,20,22). The predicted molar refractivity (Wildman–Crippen MR) is 101 cm³/mol. The Kier molecular flexibility index (Phi) is 5.58. The average molecular weight is 370 g/mol. The average Bonchev–Trinajstić information content (AvgIpc) is 2.91. The zero-order chi connectivity index (χ0) is 18.5. The summed E-state index contributed by atoms with van der Waals surface area (Å²) in [5, 5.41) is 2.79. The van der Waals surface area contributed by atoms with Crippen molar-refractivity contribution in [2.24, 2.45) is 0 Å². The number of methoxy groups -OCH3 is 1. The van der Waals surface area contributed by atoms with Crippen LogP contribution >= 0.6 is 11.8 Å². The van der Waals surface area contributed by atoms with E-state index in [4.69, 9.17) is 4.74 Å². The van der Waals surface area contributed by atoms with E-state index < -0.39 is 0 Å². The van der Waals surface area contributed by atoms with Crippen LogP contribution < -0.4 is 10.1 Å². The molecule has 6 nitrogen and oxygen atoms in total. The van der Waals surface area contributed by atoms with Gasteiger partial charge in [-0.3, -0.25) is 19.3 Å². The fourth-order valence-corrected chi connectivity index (χ4v) is 3.35. The number of nitrogens with zero attached hydrogens (tertiary/aromatic N) is 1. The van der Waals surface area contributed by atoms with Gasteiger partial charge in [-0.2, -0.15) is 11.8 Å². The van der Waals surface area contributed by atoms with Gasteiger partial charge in [-0.1, -0.05) is 12.1 Å². The van der Waals surface area contributed by atoms with Crippen LogP contribution in [0.2, 0.25) is 0 Å². The molecule has 1 aliphatic heterocycles. The molecule has 3 amide bonds. The van der Waals surface area contributed by atoms with E-state index >= 15 is 0 Å². The smallest absolute Gasteiger partial charge is 0.261 e. The molecule has 0 fully saturated rings. The normalized spacial score (nSPS) is 12.9.